The van der Waals surface area contributed by atoms with Gasteiger partial charge in [0.25, 0.3) is 11.8 Å². The van der Waals surface area contributed by atoms with E-state index in [1.54, 1.807) is 36.5 Å². The van der Waals surface area contributed by atoms with Gasteiger partial charge in [0, 0.05) is 16.5 Å². The van der Waals surface area contributed by atoms with Crippen LogP contribution in [-0.2, 0) is 9.59 Å². The lowest BCUT2D eigenvalue weighted by molar-refractivity contribution is -0.120. The van der Waals surface area contributed by atoms with E-state index in [-0.39, 0.29) is 10.7 Å². The maximum absolute atomic E-state index is 13.6. The molecule has 0 saturated carbocycles. The van der Waals surface area contributed by atoms with Gasteiger partial charge in [-0.15, -0.1) is 0 Å². The third kappa shape index (κ3) is 4.40. The second-order valence-electron chi connectivity index (χ2n) is 8.38. The summed E-state index contributed by atoms with van der Waals surface area (Å²) in [7, 11) is 0. The zero-order chi connectivity index (χ0) is 26.1. The number of anilines is 2. The van der Waals surface area contributed by atoms with Crippen molar-refractivity contribution in [3.05, 3.63) is 121 Å². The molecule has 0 aliphatic carbocycles. The van der Waals surface area contributed by atoms with Gasteiger partial charge >= 0.3 is 0 Å². The van der Waals surface area contributed by atoms with Crippen LogP contribution < -0.4 is 9.80 Å². The van der Waals surface area contributed by atoms with Crippen LogP contribution in [0.4, 0.5) is 11.4 Å². The molecule has 3 aromatic carbocycles. The molecule has 0 bridgehead atoms. The molecule has 0 N–H and O–H groups in total. The highest BCUT2D eigenvalue weighted by atomic mass is 32.2. The number of furan rings is 1. The van der Waals surface area contributed by atoms with Crippen LogP contribution in [0, 0.1) is 0 Å². The summed E-state index contributed by atoms with van der Waals surface area (Å²) < 4.78 is 6.03. The smallest absolute Gasteiger partial charge is 0.270 e. The van der Waals surface area contributed by atoms with E-state index < -0.39 is 11.8 Å². The van der Waals surface area contributed by atoms with E-state index in [1.807, 2.05) is 72.8 Å². The quantitative estimate of drug-likeness (QED) is 0.142. The number of hydrogen-bond acceptors (Lipinski definition) is 6. The van der Waals surface area contributed by atoms with Crippen LogP contribution in [0.25, 0.3) is 17.0 Å². The Labute approximate surface area is 228 Å². The molecule has 1 fully saturated rings. The predicted octanol–water partition coefficient (Wildman–Crippen LogP) is 6.73. The number of hydrogen-bond donors (Lipinski definition) is 0. The molecule has 38 heavy (non-hydrogen) atoms. The molecule has 0 atom stereocenters. The Kier molecular flexibility index (Phi) is 6.33. The van der Waals surface area contributed by atoms with Gasteiger partial charge in [-0.25, -0.2) is 0 Å². The van der Waals surface area contributed by atoms with Gasteiger partial charge in [0.1, 0.15) is 11.3 Å². The summed E-state index contributed by atoms with van der Waals surface area (Å²) in [5, 5.41) is 1.73. The van der Waals surface area contributed by atoms with Gasteiger partial charge in [0.15, 0.2) is 10.2 Å². The van der Waals surface area contributed by atoms with Gasteiger partial charge in [0.2, 0.25) is 0 Å². The van der Waals surface area contributed by atoms with Gasteiger partial charge in [0.05, 0.1) is 16.9 Å². The van der Waals surface area contributed by atoms with Crippen LogP contribution in [-0.4, -0.2) is 21.9 Å². The van der Waals surface area contributed by atoms with E-state index in [2.05, 4.69) is 4.98 Å². The number of carbonyl (C=O) groups is 2. The standard InChI is InChI=1S/C30H19N3O3S2/c34-28-24(19-23-16-17-26(36-23)38-25-15-7-9-20-10-8-18-31-27(20)25)29(35)33(22-13-5-2-6-14-22)30(37)32(28)21-11-3-1-4-12-21/h1-19H. The minimum Gasteiger partial charge on any atom is -0.450 e. The summed E-state index contributed by atoms with van der Waals surface area (Å²) >= 11 is 7.08. The zero-order valence-electron chi connectivity index (χ0n) is 19.9. The first kappa shape index (κ1) is 23.8. The molecule has 3 heterocycles. The third-order valence-electron chi connectivity index (χ3n) is 5.97. The summed E-state index contributed by atoms with van der Waals surface area (Å²) in [5.41, 5.74) is 1.96. The number of amides is 2. The molecular formula is C30H19N3O3S2. The summed E-state index contributed by atoms with van der Waals surface area (Å²) in [5.74, 6) is -0.643. The van der Waals surface area contributed by atoms with E-state index in [1.165, 1.54) is 27.6 Å². The number of rotatable bonds is 5. The lowest BCUT2D eigenvalue weighted by Gasteiger charge is -2.36. The topological polar surface area (TPSA) is 66.7 Å². The molecular weight excluding hydrogens is 514 g/mol. The second kappa shape index (κ2) is 10.1. The highest BCUT2D eigenvalue weighted by Gasteiger charge is 2.41. The summed E-state index contributed by atoms with van der Waals surface area (Å²) in [6, 6.07) is 31.5. The number of thiocarbonyl (C=S) groups is 1. The molecule has 1 aliphatic heterocycles. The monoisotopic (exact) mass is 533 g/mol. The van der Waals surface area contributed by atoms with Crippen molar-refractivity contribution < 1.29 is 14.0 Å². The number of carbonyl (C=O) groups excluding carboxylic acids is 2. The Hall–Kier alpha value is -4.53. The maximum atomic E-state index is 13.6. The summed E-state index contributed by atoms with van der Waals surface area (Å²) in [6.07, 6.45) is 3.23. The SMILES string of the molecule is O=C1C(=Cc2ccc(Sc3cccc4cccnc34)o2)C(=O)N(c2ccccc2)C(=S)N1c1ccccc1. The molecule has 1 aliphatic rings. The average molecular weight is 534 g/mol. The first-order chi connectivity index (χ1) is 18.6. The first-order valence-corrected chi connectivity index (χ1v) is 13.0. The summed E-state index contributed by atoms with van der Waals surface area (Å²) in [4.78, 5) is 35.5. The number of fused-ring (bicyclic) bond motifs is 1. The van der Waals surface area contributed by atoms with Crippen molar-refractivity contribution >= 4 is 69.3 Å². The molecule has 2 aromatic heterocycles. The number of benzene rings is 3. The Balaban J connectivity index is 1.37. The Bertz CT molecular complexity index is 1650. The lowest BCUT2D eigenvalue weighted by Crippen LogP contribution is -2.56. The fourth-order valence-electron chi connectivity index (χ4n) is 4.22. The van der Waals surface area contributed by atoms with Crippen molar-refractivity contribution in [3.8, 4) is 0 Å². The molecule has 8 heteroatoms. The Morgan fingerprint density at radius 3 is 2.03 bits per heavy atom. The molecule has 2 amide bonds. The molecule has 0 unspecified atom stereocenters. The maximum Gasteiger partial charge on any atom is 0.270 e. The lowest BCUT2D eigenvalue weighted by atomic mass is 10.1. The van der Waals surface area contributed by atoms with Crippen LogP contribution in [0.1, 0.15) is 5.76 Å². The minimum absolute atomic E-state index is 0.0518. The Morgan fingerprint density at radius 1 is 0.737 bits per heavy atom. The average Bonchev–Trinajstić information content (AvgIpc) is 3.39. The van der Waals surface area contributed by atoms with Gasteiger partial charge in [-0.3, -0.25) is 24.4 Å². The van der Waals surface area contributed by atoms with Crippen LogP contribution in [0.15, 0.2) is 129 Å². The first-order valence-electron chi connectivity index (χ1n) is 11.8. The van der Waals surface area contributed by atoms with Crippen LogP contribution in [0.2, 0.25) is 0 Å². The van der Waals surface area contributed by atoms with E-state index in [9.17, 15) is 9.59 Å². The second-order valence-corrected chi connectivity index (χ2v) is 9.79. The molecule has 6 rings (SSSR count). The van der Waals surface area contributed by atoms with E-state index in [4.69, 9.17) is 16.6 Å². The fourth-order valence-corrected chi connectivity index (χ4v) is 5.50. The number of para-hydroxylation sites is 3. The highest BCUT2D eigenvalue weighted by molar-refractivity contribution is 7.99. The third-order valence-corrected chi connectivity index (χ3v) is 7.31. The Morgan fingerprint density at radius 2 is 1.37 bits per heavy atom. The van der Waals surface area contributed by atoms with Crippen LogP contribution in [0.5, 0.6) is 0 Å². The largest absolute Gasteiger partial charge is 0.450 e. The van der Waals surface area contributed by atoms with Gasteiger partial charge in [-0.05, 0) is 78.6 Å². The van der Waals surface area contributed by atoms with Crippen molar-refractivity contribution in [1.82, 2.24) is 4.98 Å². The van der Waals surface area contributed by atoms with E-state index >= 15 is 0 Å². The molecule has 1 saturated heterocycles. The molecule has 5 aromatic rings. The molecule has 184 valence electrons. The number of pyridine rings is 1. The highest BCUT2D eigenvalue weighted by Crippen LogP contribution is 2.35. The molecule has 0 spiro atoms. The van der Waals surface area contributed by atoms with Crippen molar-refractivity contribution in [2.75, 3.05) is 9.80 Å². The van der Waals surface area contributed by atoms with E-state index in [0.717, 1.165) is 15.8 Å². The van der Waals surface area contributed by atoms with Crippen molar-refractivity contribution in [2.45, 2.75) is 9.99 Å². The van der Waals surface area contributed by atoms with Crippen molar-refractivity contribution in [1.29, 1.82) is 0 Å². The van der Waals surface area contributed by atoms with Gasteiger partial charge in [-0.1, -0.05) is 54.6 Å². The van der Waals surface area contributed by atoms with Gasteiger partial charge in [-0.2, -0.15) is 0 Å². The van der Waals surface area contributed by atoms with Gasteiger partial charge < -0.3 is 4.42 Å². The predicted molar refractivity (Wildman–Crippen MR) is 153 cm³/mol. The molecule has 0 radical (unpaired) electrons. The molecule has 6 nitrogen and oxygen atoms in total. The number of aromatic nitrogens is 1. The normalized spacial score (nSPS) is 13.9. The van der Waals surface area contributed by atoms with Crippen LogP contribution >= 0.6 is 24.0 Å². The van der Waals surface area contributed by atoms with Crippen molar-refractivity contribution in [3.63, 3.8) is 0 Å². The van der Waals surface area contributed by atoms with E-state index in [0.29, 0.717) is 22.2 Å². The van der Waals surface area contributed by atoms with Crippen LogP contribution in [0.3, 0.4) is 0 Å². The minimum atomic E-state index is -0.512. The van der Waals surface area contributed by atoms with Crippen molar-refractivity contribution in [2.24, 2.45) is 0 Å². The fraction of sp³-hybridized carbons (Fsp3) is 0. The zero-order valence-corrected chi connectivity index (χ0v) is 21.5. The number of nitrogens with zero attached hydrogens (tertiary/aromatic N) is 3. The summed E-state index contributed by atoms with van der Waals surface area (Å²) in [6.45, 7) is 0.